The highest BCUT2D eigenvalue weighted by atomic mass is 15.3. The molecule has 0 saturated heterocycles. The van der Waals surface area contributed by atoms with E-state index >= 15 is 0 Å². The molecule has 0 N–H and O–H groups in total. The van der Waals surface area contributed by atoms with Gasteiger partial charge in [-0.05, 0) is 164 Å². The summed E-state index contributed by atoms with van der Waals surface area (Å²) in [6.07, 6.45) is 0. The van der Waals surface area contributed by atoms with Gasteiger partial charge in [0.05, 0.1) is 50.5 Å². The van der Waals surface area contributed by atoms with Gasteiger partial charge in [0.15, 0.2) is 0 Å². The van der Waals surface area contributed by atoms with E-state index in [9.17, 15) is 0 Å². The van der Waals surface area contributed by atoms with E-state index in [0.717, 1.165) is 62.6 Å². The van der Waals surface area contributed by atoms with Gasteiger partial charge in [-0.3, -0.25) is 0 Å². The number of hydrogen-bond acceptors (Lipinski definition) is 3. The summed E-state index contributed by atoms with van der Waals surface area (Å²) in [6, 6.07) is 91.9. The monoisotopic (exact) mass is 1140 g/mol. The van der Waals surface area contributed by atoms with Crippen molar-refractivity contribution in [2.75, 3.05) is 14.7 Å². The summed E-state index contributed by atoms with van der Waals surface area (Å²) in [6.45, 7) is 28.5. The third-order valence-electron chi connectivity index (χ3n) is 18.8. The predicted octanol–water partition coefficient (Wildman–Crippen LogP) is 23.3. The molecule has 0 radical (unpaired) electrons. The van der Waals surface area contributed by atoms with Crippen molar-refractivity contribution in [3.05, 3.63) is 282 Å². The molecular weight excluding hydrogens is 1070 g/mol. The summed E-state index contributed by atoms with van der Waals surface area (Å²) in [7, 11) is 0. The molecule has 88 heavy (non-hydrogen) atoms. The molecule has 0 unspecified atom stereocenters. The van der Waals surface area contributed by atoms with Gasteiger partial charge in [0.25, 0.3) is 0 Å². The average molecular weight is 1140 g/mol. The Bertz CT molecular complexity index is 4470. The average Bonchev–Trinajstić information content (AvgIpc) is 1.31. The van der Waals surface area contributed by atoms with Gasteiger partial charge < -0.3 is 23.8 Å². The van der Waals surface area contributed by atoms with E-state index in [2.05, 4.69) is 350 Å². The molecule has 13 aromatic rings. The van der Waals surface area contributed by atoms with Crippen molar-refractivity contribution in [1.82, 2.24) is 9.13 Å². The number of anilines is 9. The number of benzene rings is 11. The maximum atomic E-state index is 2.73. The Morgan fingerprint density at radius 1 is 0.273 bits per heavy atom. The Morgan fingerprint density at radius 2 is 0.534 bits per heavy atom. The van der Waals surface area contributed by atoms with Gasteiger partial charge in [-0.15, -0.1) is 0 Å². The first-order valence-electron chi connectivity index (χ1n) is 31.5. The van der Waals surface area contributed by atoms with E-state index in [4.69, 9.17) is 0 Å². The lowest BCUT2D eigenvalue weighted by Crippen LogP contribution is -2.30. The van der Waals surface area contributed by atoms with Crippen LogP contribution >= 0.6 is 0 Å². The lowest BCUT2D eigenvalue weighted by molar-refractivity contribution is 0.588. The minimum atomic E-state index is -0.243. The summed E-state index contributed by atoms with van der Waals surface area (Å²) >= 11 is 0. The third kappa shape index (κ3) is 8.63. The molecule has 2 aliphatic rings. The van der Waals surface area contributed by atoms with Crippen LogP contribution in [0.1, 0.15) is 128 Å². The molecule has 0 atom stereocenters. The Labute approximate surface area is 519 Å². The molecule has 0 fully saturated rings. The molecular formula is C83H77N5. The van der Waals surface area contributed by atoms with Gasteiger partial charge in [-0.25, -0.2) is 0 Å². The smallest absolute Gasteiger partial charge is 0.0990 e. The number of para-hydroxylation sites is 6. The Kier molecular flexibility index (Phi) is 12.5. The number of hydrogen-bond donors (Lipinski definition) is 0. The van der Waals surface area contributed by atoms with E-state index in [1.54, 1.807) is 0 Å². The number of rotatable bonds is 9. The highest BCUT2D eigenvalue weighted by Crippen LogP contribution is 2.66. The SMILES string of the molecule is CC(C)(C)c1ccc2c(c1)c1cc(C(C)(C)C)cc3c1n2-c1c2c(c(N(c4ccccc4)c4ccccc4)c(N(c4ccccc4)c4ccccc4)c1N(c1ccccc1)c1ccccc1)-n1c4ccc(C(C)(C)C)cc4c4cc(C(C)(C)C)cc(c41)C23. The quantitative estimate of drug-likeness (QED) is 0.144. The van der Waals surface area contributed by atoms with Crippen LogP contribution in [-0.4, -0.2) is 9.13 Å². The van der Waals surface area contributed by atoms with Crippen LogP contribution in [0.5, 0.6) is 0 Å². The van der Waals surface area contributed by atoms with Crippen LogP contribution in [0.3, 0.4) is 0 Å². The van der Waals surface area contributed by atoms with Crippen molar-refractivity contribution in [2.24, 2.45) is 0 Å². The number of fused-ring (bicyclic) bond motifs is 10. The molecule has 2 aliphatic heterocycles. The van der Waals surface area contributed by atoms with Crippen LogP contribution < -0.4 is 14.7 Å². The molecule has 0 spiro atoms. The molecule has 0 amide bonds. The minimum absolute atomic E-state index is 0.102. The van der Waals surface area contributed by atoms with Gasteiger partial charge in [0.2, 0.25) is 0 Å². The third-order valence-corrected chi connectivity index (χ3v) is 18.8. The minimum Gasteiger partial charge on any atom is -0.307 e. The molecule has 2 aromatic heterocycles. The van der Waals surface area contributed by atoms with E-state index in [0.29, 0.717) is 0 Å². The highest BCUT2D eigenvalue weighted by Gasteiger charge is 2.47. The summed E-state index contributed by atoms with van der Waals surface area (Å²) < 4.78 is 5.47. The standard InChI is InChI=1S/C83H77N5/c1-80(2,3)53-43-45-69-63(47-53)65-49-55(82(7,8)9)51-67-71-68-52-56(83(10,11)12)50-66-64-48-54(81(4,5)6)44-46-70(64)88(74(66)68)76-72(71)75(87(69)73(65)67)77(84(57-31-19-13-20-32-57)58-33-21-14-22-34-58)79(86(61-39-27-17-28-40-61)62-41-29-18-30-42-62)78(76)85(59-35-23-15-24-36-59)60-37-25-16-26-38-60/h13-52,71H,1-12H3. The Hall–Kier alpha value is -9.58. The van der Waals surface area contributed by atoms with Gasteiger partial charge >= 0.3 is 0 Å². The fourth-order valence-corrected chi connectivity index (χ4v) is 14.3. The first kappa shape index (κ1) is 55.0. The first-order chi connectivity index (χ1) is 42.3. The molecule has 434 valence electrons. The van der Waals surface area contributed by atoms with Crippen molar-refractivity contribution in [3.8, 4) is 11.4 Å². The van der Waals surface area contributed by atoms with E-state index < -0.39 is 0 Å². The summed E-state index contributed by atoms with van der Waals surface area (Å²) in [5.41, 5.74) is 25.2. The number of nitrogens with zero attached hydrogens (tertiary/aromatic N) is 5. The fourth-order valence-electron chi connectivity index (χ4n) is 14.3. The van der Waals surface area contributed by atoms with Gasteiger partial charge in [-0.1, -0.05) is 217 Å². The summed E-state index contributed by atoms with van der Waals surface area (Å²) in [4.78, 5) is 7.76. The van der Waals surface area contributed by atoms with Gasteiger partial charge in [-0.2, -0.15) is 0 Å². The number of aromatic nitrogens is 2. The maximum Gasteiger partial charge on any atom is 0.0990 e. The van der Waals surface area contributed by atoms with Crippen molar-refractivity contribution >= 4 is 94.8 Å². The molecule has 11 aromatic carbocycles. The van der Waals surface area contributed by atoms with Crippen LogP contribution in [0, 0.1) is 0 Å². The fraction of sp³-hybridized carbons (Fsp3) is 0.205. The highest BCUT2D eigenvalue weighted by molar-refractivity contribution is 6.20. The molecule has 4 heterocycles. The van der Waals surface area contributed by atoms with E-state index in [1.807, 2.05) is 0 Å². The van der Waals surface area contributed by atoms with Gasteiger partial charge in [0.1, 0.15) is 0 Å². The van der Waals surface area contributed by atoms with Crippen LogP contribution in [0.15, 0.2) is 243 Å². The van der Waals surface area contributed by atoms with Crippen LogP contribution in [0.25, 0.3) is 55.0 Å². The largest absolute Gasteiger partial charge is 0.307 e. The zero-order chi connectivity index (χ0) is 60.8. The second kappa shape index (κ2) is 20.0. The van der Waals surface area contributed by atoms with Gasteiger partial charge in [0, 0.05) is 67.2 Å². The predicted molar refractivity (Wildman–Crippen MR) is 375 cm³/mol. The van der Waals surface area contributed by atoms with E-state index in [1.165, 1.54) is 82.6 Å². The molecule has 5 nitrogen and oxygen atoms in total. The Morgan fingerprint density at radius 3 is 0.807 bits per heavy atom. The lowest BCUT2D eigenvalue weighted by Gasteiger charge is -2.45. The second-order valence-corrected chi connectivity index (χ2v) is 28.7. The molecule has 15 rings (SSSR count). The van der Waals surface area contributed by atoms with E-state index in [-0.39, 0.29) is 27.6 Å². The molecule has 0 bridgehead atoms. The van der Waals surface area contributed by atoms with Crippen molar-refractivity contribution in [3.63, 3.8) is 0 Å². The van der Waals surface area contributed by atoms with Crippen molar-refractivity contribution < 1.29 is 0 Å². The lowest BCUT2D eigenvalue weighted by atomic mass is 9.73. The molecule has 5 heteroatoms. The molecule has 0 saturated carbocycles. The maximum absolute atomic E-state index is 2.73. The van der Waals surface area contributed by atoms with Crippen molar-refractivity contribution in [2.45, 2.75) is 111 Å². The van der Waals surface area contributed by atoms with Crippen molar-refractivity contribution in [1.29, 1.82) is 0 Å². The Balaban J connectivity index is 1.32. The van der Waals surface area contributed by atoms with Crippen LogP contribution in [0.2, 0.25) is 0 Å². The topological polar surface area (TPSA) is 19.6 Å². The zero-order valence-electron chi connectivity index (χ0n) is 52.9. The van der Waals surface area contributed by atoms with Crippen LogP contribution in [0.4, 0.5) is 51.2 Å². The summed E-state index contributed by atoms with van der Waals surface area (Å²) in [5.74, 6) is -0.243. The second-order valence-electron chi connectivity index (χ2n) is 28.7. The zero-order valence-corrected chi connectivity index (χ0v) is 52.9. The normalized spacial score (nSPS) is 13.2. The molecule has 0 aliphatic carbocycles. The first-order valence-corrected chi connectivity index (χ1v) is 31.5. The summed E-state index contributed by atoms with van der Waals surface area (Å²) in [5, 5.41) is 5.08. The van der Waals surface area contributed by atoms with Crippen LogP contribution in [-0.2, 0) is 21.7 Å².